The second-order valence-corrected chi connectivity index (χ2v) is 4.85. The maximum atomic E-state index is 12.5. The number of nitrogens with one attached hydrogen (secondary N) is 1. The Labute approximate surface area is 137 Å². The van der Waals surface area contributed by atoms with Crippen molar-refractivity contribution in [2.45, 2.75) is 18.9 Å². The Balaban J connectivity index is 0.00000116. The molecule has 118 valence electrons. The average molecular weight is 318 g/mol. The van der Waals surface area contributed by atoms with Crippen LogP contribution in [0.25, 0.3) is 6.08 Å². The highest BCUT2D eigenvalue weighted by molar-refractivity contribution is 7.79. The first-order valence-electron chi connectivity index (χ1n) is 6.96. The Morgan fingerprint density at radius 1 is 1.41 bits per heavy atom. The van der Waals surface area contributed by atoms with Gasteiger partial charge in [0.25, 0.3) is 5.91 Å². The van der Waals surface area contributed by atoms with Crippen LogP contribution >= 0.6 is 12.6 Å². The monoisotopic (exact) mass is 318 g/mol. The van der Waals surface area contributed by atoms with E-state index in [-0.39, 0.29) is 11.8 Å². The molecule has 1 N–H and O–H groups in total. The Hall–Kier alpha value is -2.01. The van der Waals surface area contributed by atoms with E-state index in [0.29, 0.717) is 24.1 Å². The second kappa shape index (κ2) is 8.44. The van der Waals surface area contributed by atoms with Gasteiger partial charge < -0.3 is 10.2 Å². The van der Waals surface area contributed by atoms with Gasteiger partial charge in [0, 0.05) is 18.3 Å². The van der Waals surface area contributed by atoms with Gasteiger partial charge >= 0.3 is 0 Å². The van der Waals surface area contributed by atoms with Crippen LogP contribution in [0.5, 0.6) is 0 Å². The normalized spacial score (nSPS) is 17.0. The number of allylic oxidation sites excluding steroid dienone is 1. The molecule has 0 aromatic heterocycles. The topological polar surface area (TPSA) is 49.4 Å². The van der Waals surface area contributed by atoms with Crippen LogP contribution in [0, 0.1) is 0 Å². The fourth-order valence-corrected chi connectivity index (χ4v) is 2.33. The molecule has 0 saturated carbocycles. The minimum Gasteiger partial charge on any atom is -0.330 e. The van der Waals surface area contributed by atoms with Crippen LogP contribution in [-0.2, 0) is 4.79 Å². The second-order valence-electron chi connectivity index (χ2n) is 4.85. The lowest BCUT2D eigenvalue weighted by Crippen LogP contribution is -2.50. The van der Waals surface area contributed by atoms with E-state index in [2.05, 4.69) is 31.1 Å². The van der Waals surface area contributed by atoms with Crippen LogP contribution < -0.4 is 5.32 Å². The van der Waals surface area contributed by atoms with Gasteiger partial charge in [-0.05, 0) is 30.7 Å². The number of hydrogen-bond donors (Lipinski definition) is 2. The van der Waals surface area contributed by atoms with Crippen LogP contribution in [0.3, 0.4) is 0 Å². The molecule has 0 spiro atoms. The number of carbonyl (C=O) groups excluding carboxylic acids is 2. The fraction of sp³-hybridized carbons (Fsp3) is 0.294. The number of piperidine rings is 1. The fourth-order valence-electron chi connectivity index (χ4n) is 2.33. The van der Waals surface area contributed by atoms with Gasteiger partial charge in [0.2, 0.25) is 5.91 Å². The summed E-state index contributed by atoms with van der Waals surface area (Å²) in [5, 5.41) is 2.70. The molecule has 1 saturated heterocycles. The molecule has 0 bridgehead atoms. The van der Waals surface area contributed by atoms with E-state index in [9.17, 15) is 9.59 Å². The van der Waals surface area contributed by atoms with E-state index >= 15 is 0 Å². The summed E-state index contributed by atoms with van der Waals surface area (Å²) in [4.78, 5) is 26.0. The zero-order valence-electron chi connectivity index (χ0n) is 13.0. The van der Waals surface area contributed by atoms with Crippen LogP contribution in [0.1, 0.15) is 28.8 Å². The van der Waals surface area contributed by atoms with Gasteiger partial charge in [0.1, 0.15) is 6.04 Å². The molecule has 1 aliphatic rings. The van der Waals surface area contributed by atoms with Gasteiger partial charge in [-0.25, -0.2) is 0 Å². The minimum absolute atomic E-state index is 0.173. The van der Waals surface area contributed by atoms with Gasteiger partial charge in [-0.3, -0.25) is 9.59 Å². The zero-order valence-corrected chi connectivity index (χ0v) is 13.9. The van der Waals surface area contributed by atoms with E-state index < -0.39 is 6.04 Å². The summed E-state index contributed by atoms with van der Waals surface area (Å²) in [6.45, 7) is 7.45. The van der Waals surface area contributed by atoms with Crippen LogP contribution in [-0.4, -0.2) is 36.1 Å². The summed E-state index contributed by atoms with van der Waals surface area (Å²) in [5.41, 5.74) is 2.03. The van der Waals surface area contributed by atoms with E-state index in [4.69, 9.17) is 0 Å². The van der Waals surface area contributed by atoms with Crippen molar-refractivity contribution >= 4 is 30.5 Å². The number of thiol groups is 1. The van der Waals surface area contributed by atoms with Crippen molar-refractivity contribution in [3.63, 3.8) is 0 Å². The molecule has 1 atom stereocenters. The number of rotatable bonds is 3. The Morgan fingerprint density at radius 3 is 2.64 bits per heavy atom. The molecule has 22 heavy (non-hydrogen) atoms. The number of amides is 2. The van der Waals surface area contributed by atoms with Crippen molar-refractivity contribution < 1.29 is 9.59 Å². The standard InChI is InChI=1S/C16H18N2O2.CH4S/c1-4-12-7-5-6-8-13(12)16(20)18(3)14-10-9-11(2)17-15(14)19;1-2/h4-8,14H,1-2,9-10H2,3H3,(H,17,19);2H,1H3. The van der Waals surface area contributed by atoms with Crippen molar-refractivity contribution in [3.05, 3.63) is 54.2 Å². The first kappa shape index (κ1) is 18.0. The SMILES string of the molecule is C=Cc1ccccc1C(=O)N(C)C1CCC(=C)NC1=O.CS. The summed E-state index contributed by atoms with van der Waals surface area (Å²) in [6.07, 6.45) is 4.63. The number of carbonyl (C=O) groups is 2. The summed E-state index contributed by atoms with van der Waals surface area (Å²) in [5.74, 6) is -0.346. The largest absolute Gasteiger partial charge is 0.330 e. The third-order valence-corrected chi connectivity index (χ3v) is 3.52. The molecule has 0 radical (unpaired) electrons. The molecule has 1 aliphatic heterocycles. The lowest BCUT2D eigenvalue weighted by atomic mass is 10.0. The molecule has 4 nitrogen and oxygen atoms in total. The van der Waals surface area contributed by atoms with Crippen molar-refractivity contribution in [1.82, 2.24) is 10.2 Å². The molecule has 1 fully saturated rings. The lowest BCUT2D eigenvalue weighted by molar-refractivity contribution is -0.125. The third kappa shape index (κ3) is 4.01. The van der Waals surface area contributed by atoms with Crippen molar-refractivity contribution in [1.29, 1.82) is 0 Å². The van der Waals surface area contributed by atoms with E-state index in [1.807, 2.05) is 12.1 Å². The Bertz CT molecular complexity index is 584. The average Bonchev–Trinajstić information content (AvgIpc) is 2.55. The first-order valence-corrected chi connectivity index (χ1v) is 7.86. The highest BCUT2D eigenvalue weighted by atomic mass is 32.1. The summed E-state index contributed by atoms with van der Waals surface area (Å²) < 4.78 is 0. The quantitative estimate of drug-likeness (QED) is 0.842. The molecular formula is C17H22N2O2S. The van der Waals surface area contributed by atoms with E-state index in [1.54, 1.807) is 31.5 Å². The van der Waals surface area contributed by atoms with Crippen molar-refractivity contribution in [2.24, 2.45) is 0 Å². The van der Waals surface area contributed by atoms with Gasteiger partial charge in [0.15, 0.2) is 0 Å². The molecule has 2 rings (SSSR count). The smallest absolute Gasteiger partial charge is 0.254 e. The molecule has 2 amide bonds. The molecule has 5 heteroatoms. The number of nitrogens with zero attached hydrogens (tertiary/aromatic N) is 1. The predicted octanol–water partition coefficient (Wildman–Crippen LogP) is 2.74. The van der Waals surface area contributed by atoms with Gasteiger partial charge in [-0.2, -0.15) is 12.6 Å². The zero-order chi connectivity index (χ0) is 16.7. The highest BCUT2D eigenvalue weighted by Crippen LogP contribution is 2.19. The van der Waals surface area contributed by atoms with E-state index in [1.165, 1.54) is 4.90 Å². The number of likely N-dealkylation sites (N-methyl/N-ethyl adjacent to an activating group) is 1. The first-order chi connectivity index (χ1) is 10.5. The Kier molecular flexibility index (Phi) is 6.92. The molecule has 1 heterocycles. The minimum atomic E-state index is -0.453. The maximum Gasteiger partial charge on any atom is 0.254 e. The molecule has 0 aliphatic carbocycles. The maximum absolute atomic E-state index is 12.5. The summed E-state index contributed by atoms with van der Waals surface area (Å²) in [6, 6.07) is 6.78. The van der Waals surface area contributed by atoms with Crippen LogP contribution in [0.2, 0.25) is 0 Å². The third-order valence-electron chi connectivity index (χ3n) is 3.52. The summed E-state index contributed by atoms with van der Waals surface area (Å²) >= 11 is 3.53. The Morgan fingerprint density at radius 2 is 2.05 bits per heavy atom. The summed E-state index contributed by atoms with van der Waals surface area (Å²) in [7, 11) is 1.65. The molecule has 1 aromatic carbocycles. The van der Waals surface area contributed by atoms with Gasteiger partial charge in [-0.15, -0.1) is 0 Å². The molecule has 1 aromatic rings. The predicted molar refractivity (Wildman–Crippen MR) is 93.8 cm³/mol. The van der Waals surface area contributed by atoms with E-state index in [0.717, 1.165) is 5.56 Å². The lowest BCUT2D eigenvalue weighted by Gasteiger charge is -2.31. The number of hydrogen-bond acceptors (Lipinski definition) is 3. The van der Waals surface area contributed by atoms with Gasteiger partial charge in [0.05, 0.1) is 0 Å². The van der Waals surface area contributed by atoms with Crippen molar-refractivity contribution in [2.75, 3.05) is 13.3 Å². The van der Waals surface area contributed by atoms with Crippen LogP contribution in [0.15, 0.2) is 43.1 Å². The molecular weight excluding hydrogens is 296 g/mol. The van der Waals surface area contributed by atoms with Gasteiger partial charge in [-0.1, -0.05) is 37.4 Å². The highest BCUT2D eigenvalue weighted by Gasteiger charge is 2.31. The number of benzene rings is 1. The molecule has 1 unspecified atom stereocenters. The van der Waals surface area contributed by atoms with Crippen molar-refractivity contribution in [3.8, 4) is 0 Å². The van der Waals surface area contributed by atoms with Crippen LogP contribution in [0.4, 0.5) is 0 Å².